The maximum atomic E-state index is 12.9. The van der Waals surface area contributed by atoms with E-state index in [0.29, 0.717) is 18.0 Å². The van der Waals surface area contributed by atoms with Gasteiger partial charge < -0.3 is 4.74 Å². The van der Waals surface area contributed by atoms with E-state index in [2.05, 4.69) is 10.5 Å². The molecule has 7 heteroatoms. The van der Waals surface area contributed by atoms with Gasteiger partial charge >= 0.3 is 0 Å². The van der Waals surface area contributed by atoms with Crippen molar-refractivity contribution in [3.05, 3.63) is 99.9 Å². The molecule has 0 aliphatic heterocycles. The summed E-state index contributed by atoms with van der Waals surface area (Å²) in [5, 5.41) is 14.8. The topological polar surface area (TPSA) is 76.8 Å². The molecule has 0 aliphatic rings. The molecule has 0 unspecified atom stereocenters. The van der Waals surface area contributed by atoms with Gasteiger partial charge in [-0.05, 0) is 53.6 Å². The van der Waals surface area contributed by atoms with Crippen molar-refractivity contribution in [3.8, 4) is 5.75 Å². The predicted octanol–water partition coefficient (Wildman–Crippen LogP) is 4.76. The molecule has 0 atom stereocenters. The summed E-state index contributed by atoms with van der Waals surface area (Å²) in [5.74, 6) is 0.407. The molecule has 136 valence electrons. The Morgan fingerprint density at radius 2 is 1.81 bits per heavy atom. The fraction of sp³-hybridized carbons (Fsp3) is 0.0500. The van der Waals surface area contributed by atoms with E-state index in [1.54, 1.807) is 42.6 Å². The molecule has 0 aliphatic carbocycles. The van der Waals surface area contributed by atoms with Gasteiger partial charge in [0, 0.05) is 12.1 Å². The summed E-state index contributed by atoms with van der Waals surface area (Å²) in [6, 6.07) is 19.5. The van der Waals surface area contributed by atoms with Crippen LogP contribution in [0.25, 0.3) is 0 Å². The van der Waals surface area contributed by atoms with Crippen LogP contribution in [0.2, 0.25) is 0 Å². The van der Waals surface area contributed by atoms with Gasteiger partial charge in [-0.3, -0.25) is 15.5 Å². The van der Waals surface area contributed by atoms with Crippen molar-refractivity contribution >= 4 is 17.6 Å². The minimum Gasteiger partial charge on any atom is -0.489 e. The van der Waals surface area contributed by atoms with Crippen LogP contribution < -0.4 is 10.2 Å². The summed E-state index contributed by atoms with van der Waals surface area (Å²) in [5.41, 5.74) is 5.00. The average molecular weight is 365 g/mol. The lowest BCUT2D eigenvalue weighted by molar-refractivity contribution is -0.384. The number of non-ortho nitro benzene ring substituents is 1. The van der Waals surface area contributed by atoms with Crippen LogP contribution >= 0.6 is 0 Å². The second kappa shape index (κ2) is 8.57. The first-order chi connectivity index (χ1) is 13.1. The number of anilines is 1. The predicted molar refractivity (Wildman–Crippen MR) is 101 cm³/mol. The monoisotopic (exact) mass is 365 g/mol. The van der Waals surface area contributed by atoms with E-state index >= 15 is 0 Å². The molecule has 0 radical (unpaired) electrons. The molecule has 0 saturated carbocycles. The standard InChI is InChI=1S/C20H16FN3O3/c21-17-8-4-16(5-9-17)14-27-20-10-6-15(7-11-20)13-22-23-18-2-1-3-19(12-18)24(25)26/h1-13,23H,14H2. The highest BCUT2D eigenvalue weighted by atomic mass is 19.1. The van der Waals surface area contributed by atoms with Crippen molar-refractivity contribution in [2.75, 3.05) is 5.43 Å². The highest BCUT2D eigenvalue weighted by Gasteiger charge is 2.04. The Labute approximate surface area is 155 Å². The van der Waals surface area contributed by atoms with Crippen LogP contribution in [0.15, 0.2) is 77.9 Å². The molecule has 1 N–H and O–H groups in total. The molecule has 0 aromatic heterocycles. The van der Waals surface area contributed by atoms with Gasteiger partial charge in [-0.2, -0.15) is 5.10 Å². The average Bonchev–Trinajstić information content (AvgIpc) is 2.69. The smallest absolute Gasteiger partial charge is 0.271 e. The van der Waals surface area contributed by atoms with E-state index in [0.717, 1.165) is 11.1 Å². The number of nitrogens with zero attached hydrogens (tertiary/aromatic N) is 2. The minimum atomic E-state index is -0.459. The van der Waals surface area contributed by atoms with E-state index in [-0.39, 0.29) is 11.5 Å². The maximum Gasteiger partial charge on any atom is 0.271 e. The lowest BCUT2D eigenvalue weighted by Gasteiger charge is -2.06. The molecule has 3 rings (SSSR count). The Bertz CT molecular complexity index is 941. The summed E-state index contributed by atoms with van der Waals surface area (Å²) >= 11 is 0. The molecule has 3 aromatic carbocycles. The third-order valence-corrected chi connectivity index (χ3v) is 3.66. The largest absolute Gasteiger partial charge is 0.489 e. The molecular formula is C20H16FN3O3. The number of nitro groups is 1. The molecule has 6 nitrogen and oxygen atoms in total. The highest BCUT2D eigenvalue weighted by Crippen LogP contribution is 2.17. The number of hydrogen-bond acceptors (Lipinski definition) is 5. The van der Waals surface area contributed by atoms with Gasteiger partial charge in [-0.1, -0.05) is 18.2 Å². The molecule has 0 heterocycles. The quantitative estimate of drug-likeness (QED) is 0.372. The van der Waals surface area contributed by atoms with Crippen molar-refractivity contribution in [3.63, 3.8) is 0 Å². The van der Waals surface area contributed by atoms with Crippen LogP contribution in [0.5, 0.6) is 5.75 Å². The molecule has 3 aromatic rings. The molecule has 0 amide bonds. The first kappa shape index (κ1) is 18.1. The van der Waals surface area contributed by atoms with Crippen molar-refractivity contribution < 1.29 is 14.1 Å². The Morgan fingerprint density at radius 1 is 1.07 bits per heavy atom. The van der Waals surface area contributed by atoms with Crippen LogP contribution in [0.4, 0.5) is 15.8 Å². The third-order valence-electron chi connectivity index (χ3n) is 3.66. The Morgan fingerprint density at radius 3 is 2.52 bits per heavy atom. The van der Waals surface area contributed by atoms with E-state index in [9.17, 15) is 14.5 Å². The summed E-state index contributed by atoms with van der Waals surface area (Å²) in [7, 11) is 0. The molecule has 0 fully saturated rings. The number of nitrogens with one attached hydrogen (secondary N) is 1. The van der Waals surface area contributed by atoms with Crippen LogP contribution in [-0.4, -0.2) is 11.1 Å². The summed E-state index contributed by atoms with van der Waals surface area (Å²) in [6.07, 6.45) is 1.60. The van der Waals surface area contributed by atoms with Crippen LogP contribution in [0, 0.1) is 15.9 Å². The van der Waals surface area contributed by atoms with E-state index in [4.69, 9.17) is 4.74 Å². The first-order valence-corrected chi connectivity index (χ1v) is 8.11. The zero-order chi connectivity index (χ0) is 19.1. The Hall–Kier alpha value is -3.74. The molecule has 0 bridgehead atoms. The number of rotatable bonds is 7. The van der Waals surface area contributed by atoms with Gasteiger partial charge in [0.1, 0.15) is 18.2 Å². The number of hydrazone groups is 1. The number of halogens is 1. The summed E-state index contributed by atoms with van der Waals surface area (Å²) in [6.45, 7) is 0.349. The van der Waals surface area contributed by atoms with Crippen LogP contribution in [0.1, 0.15) is 11.1 Å². The van der Waals surface area contributed by atoms with Gasteiger partial charge in [0.15, 0.2) is 0 Å². The van der Waals surface area contributed by atoms with Gasteiger partial charge in [0.2, 0.25) is 0 Å². The van der Waals surface area contributed by atoms with Gasteiger partial charge in [-0.15, -0.1) is 0 Å². The lowest BCUT2D eigenvalue weighted by atomic mass is 10.2. The Balaban J connectivity index is 1.54. The number of hydrogen-bond donors (Lipinski definition) is 1. The maximum absolute atomic E-state index is 12.9. The first-order valence-electron chi connectivity index (χ1n) is 8.11. The number of nitro benzene ring substituents is 1. The molecule has 27 heavy (non-hydrogen) atoms. The fourth-order valence-electron chi connectivity index (χ4n) is 2.27. The van der Waals surface area contributed by atoms with Crippen LogP contribution in [0.3, 0.4) is 0 Å². The van der Waals surface area contributed by atoms with Crippen LogP contribution in [-0.2, 0) is 6.61 Å². The Kier molecular flexibility index (Phi) is 5.73. The molecule has 0 saturated heterocycles. The second-order valence-corrected chi connectivity index (χ2v) is 5.66. The second-order valence-electron chi connectivity index (χ2n) is 5.66. The van der Waals surface area contributed by atoms with Crippen molar-refractivity contribution in [2.24, 2.45) is 5.10 Å². The highest BCUT2D eigenvalue weighted by molar-refractivity contribution is 5.80. The minimum absolute atomic E-state index is 0.00199. The van der Waals surface area contributed by atoms with Gasteiger partial charge in [0.05, 0.1) is 16.8 Å². The van der Waals surface area contributed by atoms with Crippen molar-refractivity contribution in [1.29, 1.82) is 0 Å². The number of ether oxygens (including phenoxy) is 1. The van der Waals surface area contributed by atoms with Gasteiger partial charge in [0.25, 0.3) is 5.69 Å². The SMILES string of the molecule is O=[N+]([O-])c1cccc(NN=Cc2ccc(OCc3ccc(F)cc3)cc2)c1. The number of benzene rings is 3. The fourth-order valence-corrected chi connectivity index (χ4v) is 2.27. The summed E-state index contributed by atoms with van der Waals surface area (Å²) in [4.78, 5) is 10.3. The van der Waals surface area contributed by atoms with E-state index in [1.807, 2.05) is 12.1 Å². The summed E-state index contributed by atoms with van der Waals surface area (Å²) < 4.78 is 18.5. The van der Waals surface area contributed by atoms with Crippen molar-refractivity contribution in [1.82, 2.24) is 0 Å². The lowest BCUT2D eigenvalue weighted by Crippen LogP contribution is -1.96. The third kappa shape index (κ3) is 5.37. The van der Waals surface area contributed by atoms with Crippen molar-refractivity contribution in [2.45, 2.75) is 6.61 Å². The zero-order valence-corrected chi connectivity index (χ0v) is 14.2. The normalized spacial score (nSPS) is 10.7. The zero-order valence-electron chi connectivity index (χ0n) is 14.2. The van der Waals surface area contributed by atoms with Gasteiger partial charge in [-0.25, -0.2) is 4.39 Å². The molecule has 0 spiro atoms. The van der Waals surface area contributed by atoms with E-state index < -0.39 is 4.92 Å². The van der Waals surface area contributed by atoms with E-state index in [1.165, 1.54) is 24.3 Å². The molecular weight excluding hydrogens is 349 g/mol.